The van der Waals surface area contributed by atoms with Crippen LogP contribution in [0.15, 0.2) is 48.5 Å². The van der Waals surface area contributed by atoms with Crippen molar-refractivity contribution in [1.29, 1.82) is 0 Å². The van der Waals surface area contributed by atoms with Crippen LogP contribution < -0.4 is 14.8 Å². The standard InChI is InChI=1S/C20H26N2O4S/c1-26-19-12-7-17(8-13-19)9-14-20(23)21-15-3-4-16-5-10-18(11-6-16)22-27(2,24)25/h5-8,10-13,22H,3-4,9,14-15H2,1-2H3,(H,21,23). The highest BCUT2D eigenvalue weighted by Gasteiger charge is 2.04. The van der Waals surface area contributed by atoms with Gasteiger partial charge in [-0.3, -0.25) is 9.52 Å². The maximum Gasteiger partial charge on any atom is 0.229 e. The molecule has 2 N–H and O–H groups in total. The van der Waals surface area contributed by atoms with E-state index in [0.29, 0.717) is 25.1 Å². The number of nitrogens with one attached hydrogen (secondary N) is 2. The maximum atomic E-state index is 11.9. The minimum Gasteiger partial charge on any atom is -0.497 e. The molecule has 0 aliphatic heterocycles. The molecule has 0 fully saturated rings. The lowest BCUT2D eigenvalue weighted by Crippen LogP contribution is -2.24. The molecule has 6 nitrogen and oxygen atoms in total. The molecule has 1 amide bonds. The smallest absolute Gasteiger partial charge is 0.229 e. The summed E-state index contributed by atoms with van der Waals surface area (Å²) in [6, 6.07) is 15.0. The largest absolute Gasteiger partial charge is 0.497 e. The summed E-state index contributed by atoms with van der Waals surface area (Å²) in [5.41, 5.74) is 2.75. The molecular weight excluding hydrogens is 364 g/mol. The van der Waals surface area contributed by atoms with Gasteiger partial charge < -0.3 is 10.1 Å². The van der Waals surface area contributed by atoms with Gasteiger partial charge in [0, 0.05) is 18.7 Å². The fraction of sp³-hybridized carbons (Fsp3) is 0.350. The van der Waals surface area contributed by atoms with Crippen LogP contribution >= 0.6 is 0 Å². The fourth-order valence-electron chi connectivity index (χ4n) is 2.61. The van der Waals surface area contributed by atoms with E-state index in [4.69, 9.17) is 4.74 Å². The Morgan fingerprint density at radius 1 is 0.963 bits per heavy atom. The normalized spacial score (nSPS) is 11.0. The molecule has 27 heavy (non-hydrogen) atoms. The molecule has 0 heterocycles. The molecule has 2 rings (SSSR count). The van der Waals surface area contributed by atoms with Crippen molar-refractivity contribution in [3.05, 3.63) is 59.7 Å². The van der Waals surface area contributed by atoms with Crippen molar-refractivity contribution in [2.75, 3.05) is 24.6 Å². The summed E-state index contributed by atoms with van der Waals surface area (Å²) in [6.07, 6.45) is 3.92. The van der Waals surface area contributed by atoms with E-state index in [0.717, 1.165) is 36.0 Å². The van der Waals surface area contributed by atoms with Crippen LogP contribution in [-0.4, -0.2) is 34.2 Å². The van der Waals surface area contributed by atoms with Gasteiger partial charge in [0.25, 0.3) is 0 Å². The number of benzene rings is 2. The van der Waals surface area contributed by atoms with Crippen LogP contribution in [-0.2, 0) is 27.7 Å². The zero-order valence-electron chi connectivity index (χ0n) is 15.7. The molecule has 0 aliphatic carbocycles. The second-order valence-corrected chi connectivity index (χ2v) is 8.12. The molecule has 7 heteroatoms. The SMILES string of the molecule is COc1ccc(CCC(=O)NCCCc2ccc(NS(C)(=O)=O)cc2)cc1. The quantitative estimate of drug-likeness (QED) is 0.611. The van der Waals surface area contributed by atoms with Crippen molar-refractivity contribution < 1.29 is 17.9 Å². The second kappa shape index (κ2) is 9.97. The van der Waals surface area contributed by atoms with Gasteiger partial charge in [0.15, 0.2) is 0 Å². The predicted octanol–water partition coefficient (Wildman–Crippen LogP) is 2.75. The second-order valence-electron chi connectivity index (χ2n) is 6.37. The van der Waals surface area contributed by atoms with Gasteiger partial charge in [-0.15, -0.1) is 0 Å². The van der Waals surface area contributed by atoms with Crippen LogP contribution in [0.5, 0.6) is 5.75 Å². The first kappa shape index (κ1) is 20.8. The third-order valence-corrected chi connectivity index (χ3v) is 4.63. The minimum absolute atomic E-state index is 0.0403. The summed E-state index contributed by atoms with van der Waals surface area (Å²) < 4.78 is 29.9. The van der Waals surface area contributed by atoms with Gasteiger partial charge >= 0.3 is 0 Å². The molecule has 0 saturated heterocycles. The van der Waals surface area contributed by atoms with Gasteiger partial charge in [-0.05, 0) is 54.7 Å². The van der Waals surface area contributed by atoms with E-state index < -0.39 is 10.0 Å². The van der Waals surface area contributed by atoms with E-state index >= 15 is 0 Å². The van der Waals surface area contributed by atoms with Crippen molar-refractivity contribution in [2.45, 2.75) is 25.7 Å². The van der Waals surface area contributed by atoms with Gasteiger partial charge in [-0.1, -0.05) is 24.3 Å². The van der Waals surface area contributed by atoms with Crippen molar-refractivity contribution in [3.8, 4) is 5.75 Å². The number of hydrogen-bond donors (Lipinski definition) is 2. The van der Waals surface area contributed by atoms with Crippen molar-refractivity contribution >= 4 is 21.6 Å². The lowest BCUT2D eigenvalue weighted by molar-refractivity contribution is -0.121. The summed E-state index contributed by atoms with van der Waals surface area (Å²) in [4.78, 5) is 11.9. The van der Waals surface area contributed by atoms with Crippen molar-refractivity contribution in [2.24, 2.45) is 0 Å². The van der Waals surface area contributed by atoms with Gasteiger partial charge in [0.1, 0.15) is 5.75 Å². The van der Waals surface area contributed by atoms with Crippen LogP contribution in [0.25, 0.3) is 0 Å². The molecule has 2 aromatic rings. The Balaban J connectivity index is 1.64. The van der Waals surface area contributed by atoms with E-state index in [1.54, 1.807) is 19.2 Å². The summed E-state index contributed by atoms with van der Waals surface area (Å²) in [6.45, 7) is 0.616. The summed E-state index contributed by atoms with van der Waals surface area (Å²) in [5, 5.41) is 2.93. The lowest BCUT2D eigenvalue weighted by Gasteiger charge is -2.07. The van der Waals surface area contributed by atoms with E-state index in [2.05, 4.69) is 10.0 Å². The number of rotatable bonds is 10. The third-order valence-electron chi connectivity index (χ3n) is 4.02. The lowest BCUT2D eigenvalue weighted by atomic mass is 10.1. The molecule has 2 aromatic carbocycles. The van der Waals surface area contributed by atoms with E-state index in [1.807, 2.05) is 36.4 Å². The highest BCUT2D eigenvalue weighted by atomic mass is 32.2. The number of methoxy groups -OCH3 is 1. The number of aryl methyl sites for hydroxylation is 2. The number of carbonyl (C=O) groups is 1. The molecule has 0 unspecified atom stereocenters. The Kier molecular flexibility index (Phi) is 7.67. The van der Waals surface area contributed by atoms with Gasteiger partial charge in [-0.2, -0.15) is 0 Å². The molecule has 0 aliphatic rings. The molecule has 0 aromatic heterocycles. The topological polar surface area (TPSA) is 84.5 Å². The first-order valence-corrected chi connectivity index (χ1v) is 10.7. The number of amides is 1. The Hall–Kier alpha value is -2.54. The van der Waals surface area contributed by atoms with Crippen molar-refractivity contribution in [3.63, 3.8) is 0 Å². The highest BCUT2D eigenvalue weighted by Crippen LogP contribution is 2.13. The first-order chi connectivity index (χ1) is 12.9. The fourth-order valence-corrected chi connectivity index (χ4v) is 3.18. The Morgan fingerprint density at radius 2 is 1.56 bits per heavy atom. The first-order valence-electron chi connectivity index (χ1n) is 8.82. The van der Waals surface area contributed by atoms with Crippen LogP contribution in [0, 0.1) is 0 Å². The number of sulfonamides is 1. The number of anilines is 1. The zero-order chi connectivity index (χ0) is 19.7. The third kappa shape index (κ3) is 8.13. The number of ether oxygens (including phenoxy) is 1. The Bertz CT molecular complexity index is 831. The van der Waals surface area contributed by atoms with Gasteiger partial charge in [0.05, 0.1) is 13.4 Å². The number of carbonyl (C=O) groups excluding carboxylic acids is 1. The van der Waals surface area contributed by atoms with Crippen LogP contribution in [0.2, 0.25) is 0 Å². The molecule has 0 bridgehead atoms. The van der Waals surface area contributed by atoms with E-state index in [1.165, 1.54) is 0 Å². The van der Waals surface area contributed by atoms with Crippen LogP contribution in [0.1, 0.15) is 24.0 Å². The Labute approximate surface area is 161 Å². The summed E-state index contributed by atoms with van der Waals surface area (Å²) >= 11 is 0. The average molecular weight is 391 g/mol. The average Bonchev–Trinajstić information content (AvgIpc) is 2.64. The van der Waals surface area contributed by atoms with Crippen molar-refractivity contribution in [1.82, 2.24) is 5.32 Å². The van der Waals surface area contributed by atoms with Crippen LogP contribution in [0.4, 0.5) is 5.69 Å². The van der Waals surface area contributed by atoms with Gasteiger partial charge in [-0.25, -0.2) is 8.42 Å². The van der Waals surface area contributed by atoms with E-state index in [9.17, 15) is 13.2 Å². The van der Waals surface area contributed by atoms with E-state index in [-0.39, 0.29) is 5.91 Å². The summed E-state index contributed by atoms with van der Waals surface area (Å²) in [7, 11) is -1.63. The molecule has 146 valence electrons. The molecular formula is C20H26N2O4S. The maximum absolute atomic E-state index is 11.9. The highest BCUT2D eigenvalue weighted by molar-refractivity contribution is 7.92. The monoisotopic (exact) mass is 390 g/mol. The molecule has 0 atom stereocenters. The molecule has 0 radical (unpaired) electrons. The molecule has 0 saturated carbocycles. The minimum atomic E-state index is -3.25. The Morgan fingerprint density at radius 3 is 2.15 bits per heavy atom. The zero-order valence-corrected chi connectivity index (χ0v) is 16.5. The van der Waals surface area contributed by atoms with Crippen LogP contribution in [0.3, 0.4) is 0 Å². The molecule has 0 spiro atoms. The summed E-state index contributed by atoms with van der Waals surface area (Å²) in [5.74, 6) is 0.849. The number of hydrogen-bond acceptors (Lipinski definition) is 4. The van der Waals surface area contributed by atoms with Gasteiger partial charge in [0.2, 0.25) is 15.9 Å². The predicted molar refractivity (Wildman–Crippen MR) is 108 cm³/mol.